The average molecular weight is 421 g/mol. The van der Waals surface area contributed by atoms with Crippen molar-refractivity contribution in [3.63, 3.8) is 0 Å². The molecule has 1 aromatic heterocycles. The number of amides is 1. The van der Waals surface area contributed by atoms with Crippen molar-refractivity contribution in [3.8, 4) is 0 Å². The van der Waals surface area contributed by atoms with E-state index in [9.17, 15) is 4.79 Å². The number of halogens is 1. The Labute approximate surface area is 175 Å². The molecule has 1 N–H and O–H groups in total. The Morgan fingerprint density at radius 1 is 1.39 bits per heavy atom. The van der Waals surface area contributed by atoms with Crippen molar-refractivity contribution in [2.45, 2.75) is 50.5 Å². The summed E-state index contributed by atoms with van der Waals surface area (Å²) in [5.41, 5.74) is 2.27. The van der Waals surface area contributed by atoms with E-state index in [1.165, 1.54) is 11.8 Å². The number of anilines is 1. The zero-order valence-corrected chi connectivity index (χ0v) is 18.1. The topological polar surface area (TPSA) is 67.4 Å². The first-order chi connectivity index (χ1) is 13.3. The minimum absolute atomic E-state index is 0.103. The predicted molar refractivity (Wildman–Crippen MR) is 113 cm³/mol. The number of hydrogen-bond donors (Lipinski definition) is 1. The van der Waals surface area contributed by atoms with Crippen LogP contribution in [0.4, 0.5) is 10.5 Å². The molecule has 1 amide bonds. The largest absolute Gasteiger partial charge is 0.443 e. The molecule has 1 aliphatic rings. The normalized spacial score (nSPS) is 16.6. The predicted octanol–water partition coefficient (Wildman–Crippen LogP) is 4.83. The number of carbonyl (C=O) groups is 1. The van der Waals surface area contributed by atoms with Crippen molar-refractivity contribution < 1.29 is 9.53 Å². The highest BCUT2D eigenvalue weighted by Crippen LogP contribution is 2.35. The highest BCUT2D eigenvalue weighted by molar-refractivity contribution is 7.98. The first-order valence-corrected chi connectivity index (χ1v) is 10.8. The molecule has 150 valence electrons. The van der Waals surface area contributed by atoms with Gasteiger partial charge in [-0.1, -0.05) is 41.6 Å². The van der Waals surface area contributed by atoms with Gasteiger partial charge in [0.1, 0.15) is 10.8 Å². The first kappa shape index (κ1) is 20.9. The molecule has 0 radical (unpaired) electrons. The number of aromatic nitrogens is 2. The maximum atomic E-state index is 12.6. The molecule has 1 unspecified atom stereocenters. The summed E-state index contributed by atoms with van der Waals surface area (Å²) in [5, 5.41) is 4.65. The molecule has 1 aromatic carbocycles. The van der Waals surface area contributed by atoms with Crippen LogP contribution in [-0.2, 0) is 11.3 Å². The quantitative estimate of drug-likeness (QED) is 0.434. The number of para-hydroxylation sites is 1. The van der Waals surface area contributed by atoms with Gasteiger partial charge in [0.2, 0.25) is 0 Å². The van der Waals surface area contributed by atoms with Crippen LogP contribution in [0.25, 0.3) is 0 Å². The number of hydrogen-bond acceptors (Lipinski definition) is 6. The van der Waals surface area contributed by atoms with Gasteiger partial charge in [-0.25, -0.2) is 14.8 Å². The second-order valence-corrected chi connectivity index (χ2v) is 8.72. The third kappa shape index (κ3) is 4.96. The summed E-state index contributed by atoms with van der Waals surface area (Å²) in [5.74, 6) is 0. The van der Waals surface area contributed by atoms with Crippen LogP contribution in [0.15, 0.2) is 35.6 Å². The number of carbonyl (C=O) groups excluding carboxylic acids is 1. The molecular weight excluding hydrogens is 396 g/mol. The van der Waals surface area contributed by atoms with Crippen LogP contribution < -0.4 is 10.2 Å². The lowest BCUT2D eigenvalue weighted by Gasteiger charge is -2.35. The molecule has 0 aliphatic carbocycles. The highest BCUT2D eigenvalue weighted by atomic mass is 35.5. The lowest BCUT2D eigenvalue weighted by Crippen LogP contribution is -2.42. The van der Waals surface area contributed by atoms with Crippen molar-refractivity contribution in [2.24, 2.45) is 0 Å². The SMILES string of the molecule is CSc1ncc(CNC2CCN(C(=O)OC(C)(C)C)c3ccccc32)c(Cl)n1. The molecule has 0 bridgehead atoms. The molecule has 0 fully saturated rings. The monoisotopic (exact) mass is 420 g/mol. The fraction of sp³-hybridized carbons (Fsp3) is 0.450. The van der Waals surface area contributed by atoms with Crippen molar-refractivity contribution in [1.29, 1.82) is 0 Å². The van der Waals surface area contributed by atoms with Crippen LogP contribution >= 0.6 is 23.4 Å². The molecule has 0 spiro atoms. The Morgan fingerprint density at radius 3 is 2.82 bits per heavy atom. The Balaban J connectivity index is 1.75. The van der Waals surface area contributed by atoms with Crippen LogP contribution in [0.1, 0.15) is 44.4 Å². The summed E-state index contributed by atoms with van der Waals surface area (Å²) in [4.78, 5) is 22.9. The molecule has 1 aliphatic heterocycles. The van der Waals surface area contributed by atoms with Gasteiger partial charge in [0.25, 0.3) is 0 Å². The van der Waals surface area contributed by atoms with Crippen LogP contribution in [0.5, 0.6) is 0 Å². The van der Waals surface area contributed by atoms with Crippen molar-refractivity contribution in [3.05, 3.63) is 46.7 Å². The fourth-order valence-corrected chi connectivity index (χ4v) is 3.69. The summed E-state index contributed by atoms with van der Waals surface area (Å²) >= 11 is 7.74. The number of rotatable bonds is 4. The zero-order chi connectivity index (χ0) is 20.3. The number of fused-ring (bicyclic) bond motifs is 1. The lowest BCUT2D eigenvalue weighted by molar-refractivity contribution is 0.0576. The van der Waals surface area contributed by atoms with Crippen LogP contribution in [0.2, 0.25) is 5.15 Å². The van der Waals surface area contributed by atoms with Crippen LogP contribution in [0.3, 0.4) is 0 Å². The molecule has 0 saturated heterocycles. The van der Waals surface area contributed by atoms with E-state index < -0.39 is 5.60 Å². The molecule has 8 heteroatoms. The zero-order valence-electron chi connectivity index (χ0n) is 16.5. The van der Waals surface area contributed by atoms with Crippen molar-refractivity contribution in [1.82, 2.24) is 15.3 Å². The Morgan fingerprint density at radius 2 is 2.14 bits per heavy atom. The second kappa shape index (κ2) is 8.68. The molecular formula is C20H25ClN4O2S. The third-order valence-corrected chi connectivity index (χ3v) is 5.26. The van der Waals surface area contributed by atoms with E-state index in [1.54, 1.807) is 11.1 Å². The van der Waals surface area contributed by atoms with E-state index in [0.717, 1.165) is 23.2 Å². The average Bonchev–Trinajstić information content (AvgIpc) is 2.65. The maximum absolute atomic E-state index is 12.6. The summed E-state index contributed by atoms with van der Waals surface area (Å²) in [7, 11) is 0. The van der Waals surface area contributed by atoms with Gasteiger partial charge >= 0.3 is 6.09 Å². The number of ether oxygens (including phenoxy) is 1. The summed E-state index contributed by atoms with van der Waals surface area (Å²) in [6, 6.07) is 8.01. The Bertz CT molecular complexity index is 856. The fourth-order valence-electron chi connectivity index (χ4n) is 3.10. The van der Waals surface area contributed by atoms with E-state index >= 15 is 0 Å². The van der Waals surface area contributed by atoms with Crippen molar-refractivity contribution in [2.75, 3.05) is 17.7 Å². The lowest BCUT2D eigenvalue weighted by atomic mass is 9.96. The van der Waals surface area contributed by atoms with E-state index in [1.807, 2.05) is 51.3 Å². The van der Waals surface area contributed by atoms with Crippen molar-refractivity contribution >= 4 is 35.1 Å². The second-order valence-electron chi connectivity index (χ2n) is 7.59. The molecule has 3 rings (SSSR count). The summed E-state index contributed by atoms with van der Waals surface area (Å²) in [6.07, 6.45) is 4.13. The van der Waals surface area contributed by atoms with Gasteiger partial charge in [0.15, 0.2) is 5.16 Å². The van der Waals surface area contributed by atoms with Gasteiger partial charge in [-0.15, -0.1) is 0 Å². The standard InChI is InChI=1S/C20H25ClN4O2S/c1-20(2,3)27-19(26)25-10-9-15(14-7-5-6-8-16(14)25)22-11-13-12-23-18(28-4)24-17(13)21/h5-8,12,15,22H,9-11H2,1-4H3. The minimum atomic E-state index is -0.527. The van der Waals surface area contributed by atoms with Gasteiger partial charge < -0.3 is 10.1 Å². The molecule has 28 heavy (non-hydrogen) atoms. The smallest absolute Gasteiger partial charge is 0.414 e. The number of nitrogens with zero attached hydrogens (tertiary/aromatic N) is 3. The van der Waals surface area contributed by atoms with Gasteiger partial charge in [-0.2, -0.15) is 0 Å². The van der Waals surface area contributed by atoms with Crippen LogP contribution in [0, 0.1) is 0 Å². The van der Waals surface area contributed by atoms with Crippen LogP contribution in [-0.4, -0.2) is 34.5 Å². The molecule has 6 nitrogen and oxygen atoms in total. The Hall–Kier alpha value is -1.83. The minimum Gasteiger partial charge on any atom is -0.443 e. The van der Waals surface area contributed by atoms with Gasteiger partial charge in [0.05, 0.1) is 5.69 Å². The maximum Gasteiger partial charge on any atom is 0.414 e. The third-order valence-electron chi connectivity index (χ3n) is 4.37. The molecule has 0 saturated carbocycles. The van der Waals surface area contributed by atoms with Gasteiger partial charge in [-0.05, 0) is 45.1 Å². The number of thioether (sulfide) groups is 1. The van der Waals surface area contributed by atoms with E-state index in [-0.39, 0.29) is 12.1 Å². The Kier molecular flexibility index (Phi) is 6.47. The van der Waals surface area contributed by atoms with E-state index in [0.29, 0.717) is 23.4 Å². The highest BCUT2D eigenvalue weighted by Gasteiger charge is 2.31. The molecule has 1 atom stereocenters. The molecule has 2 heterocycles. The van der Waals surface area contributed by atoms with Gasteiger partial charge in [0, 0.05) is 30.9 Å². The summed E-state index contributed by atoms with van der Waals surface area (Å²) < 4.78 is 5.57. The first-order valence-electron chi connectivity index (χ1n) is 9.16. The molecule has 2 aromatic rings. The van der Waals surface area contributed by atoms with E-state index in [4.69, 9.17) is 16.3 Å². The number of nitrogens with one attached hydrogen (secondary N) is 1. The van der Waals surface area contributed by atoms with Gasteiger partial charge in [-0.3, -0.25) is 4.90 Å². The van der Waals surface area contributed by atoms with E-state index in [2.05, 4.69) is 15.3 Å². The number of benzene rings is 1. The summed E-state index contributed by atoms with van der Waals surface area (Å²) in [6.45, 7) is 6.76.